The maximum absolute atomic E-state index is 10.0. The molecule has 0 fully saturated rings. The van der Waals surface area contributed by atoms with E-state index < -0.39 is 0 Å². The summed E-state index contributed by atoms with van der Waals surface area (Å²) < 4.78 is 0. The lowest BCUT2D eigenvalue weighted by Gasteiger charge is -2.07. The minimum absolute atomic E-state index is 0.0664. The highest BCUT2D eigenvalue weighted by Gasteiger charge is 2.26. The lowest BCUT2D eigenvalue weighted by Crippen LogP contribution is -2.03. The summed E-state index contributed by atoms with van der Waals surface area (Å²) in [5, 5.41) is 10.0. The molecule has 0 aromatic carbocycles. The average molecular weight is 394 g/mol. The molecule has 8 bridgehead atoms. The Morgan fingerprint density at radius 2 is 1.33 bits per heavy atom. The van der Waals surface area contributed by atoms with Crippen LogP contribution in [0.3, 0.4) is 0 Å². The topological polar surface area (TPSA) is 69.7 Å². The fraction of sp³-hybridized carbons (Fsp3) is 0.200. The van der Waals surface area contributed by atoms with E-state index in [0.29, 0.717) is 0 Å². The van der Waals surface area contributed by atoms with E-state index in [1.165, 1.54) is 0 Å². The van der Waals surface area contributed by atoms with Crippen LogP contribution in [0.4, 0.5) is 0 Å². The Bertz CT molecular complexity index is 1280. The Kier molecular flexibility index (Phi) is 4.22. The third-order valence-electron chi connectivity index (χ3n) is 5.98. The van der Waals surface area contributed by atoms with Gasteiger partial charge in [0.05, 0.1) is 52.2 Å². The Balaban J connectivity index is 1.77. The highest BCUT2D eigenvalue weighted by molar-refractivity contribution is 6.19. The standard InChI is InChI=1S/C25H22N4O/c1-13-14(2)24-16(4)25-15(3)21(12-30)23(29-25)11-20-8-6-18(27-20)9-17-5-7-19(26-17)10-22(13)28-24/h5-11,30H,12H2,1-4H3. The number of fused-ring (bicyclic) bond motifs is 4. The molecular formula is C25H22N4O. The number of aliphatic hydroxyl groups is 1. The van der Waals surface area contributed by atoms with Crippen molar-refractivity contribution < 1.29 is 5.11 Å². The van der Waals surface area contributed by atoms with Gasteiger partial charge in [0.1, 0.15) is 0 Å². The van der Waals surface area contributed by atoms with Crippen molar-refractivity contribution in [1.29, 1.82) is 0 Å². The maximum atomic E-state index is 10.0. The van der Waals surface area contributed by atoms with Crippen molar-refractivity contribution in [3.63, 3.8) is 0 Å². The first-order chi connectivity index (χ1) is 14.4. The number of hydrogen-bond donors (Lipinski definition) is 1. The Morgan fingerprint density at radius 1 is 0.667 bits per heavy atom. The minimum Gasteiger partial charge on any atom is -0.392 e. The average Bonchev–Trinajstić information content (AvgIpc) is 3.47. The largest absolute Gasteiger partial charge is 0.392 e. The molecule has 0 saturated heterocycles. The second kappa shape index (κ2) is 6.82. The molecular weight excluding hydrogens is 372 g/mol. The first kappa shape index (κ1) is 18.6. The van der Waals surface area contributed by atoms with Crippen molar-refractivity contribution in [2.75, 3.05) is 6.61 Å². The summed E-state index contributed by atoms with van der Waals surface area (Å²) in [6.07, 6.45) is 13.8. The van der Waals surface area contributed by atoms with Gasteiger partial charge in [-0.15, -0.1) is 0 Å². The SMILES string of the molecule is CC1=C(C)C2=NC1=CC1=NC(=CC3=NC(=CC4=NC(=C2C)C(C)=C4CO)C=C3)C=C1. The van der Waals surface area contributed by atoms with Crippen LogP contribution in [0, 0.1) is 0 Å². The van der Waals surface area contributed by atoms with E-state index in [2.05, 4.69) is 25.8 Å². The molecule has 148 valence electrons. The van der Waals surface area contributed by atoms with Crippen molar-refractivity contribution in [3.8, 4) is 0 Å². The molecule has 5 heteroatoms. The third kappa shape index (κ3) is 2.90. The van der Waals surface area contributed by atoms with Gasteiger partial charge in [-0.3, -0.25) is 0 Å². The molecule has 0 spiro atoms. The zero-order valence-corrected chi connectivity index (χ0v) is 17.5. The lowest BCUT2D eigenvalue weighted by molar-refractivity contribution is 0.336. The summed E-state index contributed by atoms with van der Waals surface area (Å²) in [6.45, 7) is 8.18. The summed E-state index contributed by atoms with van der Waals surface area (Å²) in [5.41, 5.74) is 12.0. The summed E-state index contributed by atoms with van der Waals surface area (Å²) in [7, 11) is 0. The molecule has 0 aromatic heterocycles. The molecule has 0 radical (unpaired) electrons. The normalized spacial score (nSPS) is 22.4. The zero-order chi connectivity index (χ0) is 21.0. The second-order valence-corrected chi connectivity index (χ2v) is 7.85. The van der Waals surface area contributed by atoms with Crippen LogP contribution in [0.1, 0.15) is 27.7 Å². The van der Waals surface area contributed by atoms with E-state index in [1.807, 2.05) is 49.5 Å². The molecule has 5 heterocycles. The molecule has 0 atom stereocenters. The first-order valence-electron chi connectivity index (χ1n) is 10.0. The molecule has 0 amide bonds. The highest BCUT2D eigenvalue weighted by Crippen LogP contribution is 2.34. The zero-order valence-electron chi connectivity index (χ0n) is 17.5. The van der Waals surface area contributed by atoms with Gasteiger partial charge >= 0.3 is 0 Å². The predicted molar refractivity (Wildman–Crippen MR) is 123 cm³/mol. The van der Waals surface area contributed by atoms with Gasteiger partial charge in [-0.25, -0.2) is 20.0 Å². The number of allylic oxidation sites excluding steroid dienone is 11. The smallest absolute Gasteiger partial charge is 0.0721 e. The Labute approximate surface area is 175 Å². The van der Waals surface area contributed by atoms with Gasteiger partial charge in [0.25, 0.3) is 0 Å². The van der Waals surface area contributed by atoms with Crippen LogP contribution in [-0.4, -0.2) is 34.6 Å². The summed E-state index contributed by atoms with van der Waals surface area (Å²) in [6, 6.07) is 0. The van der Waals surface area contributed by atoms with Gasteiger partial charge in [-0.05, 0) is 86.9 Å². The summed E-state index contributed by atoms with van der Waals surface area (Å²) in [4.78, 5) is 19.2. The second-order valence-electron chi connectivity index (χ2n) is 7.85. The predicted octanol–water partition coefficient (Wildman–Crippen LogP) is 4.50. The number of aliphatic imine (C=N–C) groups is 4. The molecule has 0 aliphatic carbocycles. The third-order valence-corrected chi connectivity index (χ3v) is 5.98. The van der Waals surface area contributed by atoms with Crippen molar-refractivity contribution >= 4 is 22.8 Å². The molecule has 0 aromatic rings. The fourth-order valence-electron chi connectivity index (χ4n) is 4.11. The van der Waals surface area contributed by atoms with Crippen molar-refractivity contribution in [2.45, 2.75) is 27.7 Å². The van der Waals surface area contributed by atoms with Crippen LogP contribution in [0.2, 0.25) is 0 Å². The van der Waals surface area contributed by atoms with E-state index in [0.717, 1.165) is 73.5 Å². The van der Waals surface area contributed by atoms with Gasteiger partial charge in [0.15, 0.2) is 0 Å². The van der Waals surface area contributed by atoms with E-state index in [9.17, 15) is 5.11 Å². The molecule has 5 nitrogen and oxygen atoms in total. The van der Waals surface area contributed by atoms with Crippen molar-refractivity contribution in [2.24, 2.45) is 20.0 Å². The molecule has 0 unspecified atom stereocenters. The van der Waals surface area contributed by atoms with Crippen LogP contribution in [0.5, 0.6) is 0 Å². The molecule has 5 rings (SSSR count). The first-order valence-corrected chi connectivity index (χ1v) is 10.0. The molecule has 5 aliphatic heterocycles. The van der Waals surface area contributed by atoms with Crippen LogP contribution in [0.25, 0.3) is 0 Å². The summed E-state index contributed by atoms with van der Waals surface area (Å²) >= 11 is 0. The molecule has 0 saturated carbocycles. The van der Waals surface area contributed by atoms with Crippen LogP contribution >= 0.6 is 0 Å². The van der Waals surface area contributed by atoms with Crippen LogP contribution in [-0.2, 0) is 0 Å². The van der Waals surface area contributed by atoms with Gasteiger partial charge < -0.3 is 5.11 Å². The van der Waals surface area contributed by atoms with E-state index in [4.69, 9.17) is 15.0 Å². The van der Waals surface area contributed by atoms with Crippen LogP contribution < -0.4 is 0 Å². The number of hydrogen-bond acceptors (Lipinski definition) is 5. The van der Waals surface area contributed by atoms with E-state index in [-0.39, 0.29) is 6.61 Å². The molecule has 1 N–H and O–H groups in total. The molecule has 5 aliphatic rings. The van der Waals surface area contributed by atoms with Gasteiger partial charge in [-0.2, -0.15) is 0 Å². The monoisotopic (exact) mass is 394 g/mol. The van der Waals surface area contributed by atoms with E-state index in [1.54, 1.807) is 0 Å². The molecule has 30 heavy (non-hydrogen) atoms. The Morgan fingerprint density at radius 3 is 2.03 bits per heavy atom. The number of rotatable bonds is 1. The van der Waals surface area contributed by atoms with Gasteiger partial charge in [-0.1, -0.05) is 0 Å². The van der Waals surface area contributed by atoms with Gasteiger partial charge in [0.2, 0.25) is 0 Å². The van der Waals surface area contributed by atoms with Crippen molar-refractivity contribution in [1.82, 2.24) is 0 Å². The number of nitrogens with zero attached hydrogens (tertiary/aromatic N) is 4. The van der Waals surface area contributed by atoms with Crippen molar-refractivity contribution in [3.05, 3.63) is 93.2 Å². The maximum Gasteiger partial charge on any atom is 0.0721 e. The Hall–Kier alpha value is -3.44. The fourth-order valence-corrected chi connectivity index (χ4v) is 4.11. The van der Waals surface area contributed by atoms with Gasteiger partial charge in [0, 0.05) is 11.1 Å². The highest BCUT2D eigenvalue weighted by atomic mass is 16.3. The minimum atomic E-state index is -0.0664. The summed E-state index contributed by atoms with van der Waals surface area (Å²) in [5.74, 6) is 0. The quantitative estimate of drug-likeness (QED) is 0.699. The van der Waals surface area contributed by atoms with E-state index >= 15 is 0 Å². The number of aliphatic hydroxyl groups excluding tert-OH is 1. The van der Waals surface area contributed by atoms with Crippen LogP contribution in [0.15, 0.2) is 113 Å². The lowest BCUT2D eigenvalue weighted by atomic mass is 9.97.